The summed E-state index contributed by atoms with van der Waals surface area (Å²) < 4.78 is 0. The monoisotopic (exact) mass is 294 g/mol. The zero-order valence-electron chi connectivity index (χ0n) is 13.7. The van der Waals surface area contributed by atoms with Gasteiger partial charge in [-0.25, -0.2) is 0 Å². The summed E-state index contributed by atoms with van der Waals surface area (Å²) in [6.45, 7) is 8.30. The maximum Gasteiger partial charge on any atom is 0.234 e. The Morgan fingerprint density at radius 2 is 1.57 bits per heavy atom. The Bertz CT molecular complexity index is 472. The number of piperidine rings is 1. The number of hydrogen-bond acceptors (Lipinski definition) is 3. The maximum absolute atomic E-state index is 12.5. The van der Waals surface area contributed by atoms with Crippen LogP contribution < -0.4 is 5.32 Å². The SMILES string of the molecule is CCCNC(=O)C1(C)CC2(C)CC(C)(C1)C(=O)N(C)C2=O. The van der Waals surface area contributed by atoms with E-state index in [4.69, 9.17) is 0 Å². The molecule has 5 heteroatoms. The molecule has 0 radical (unpaired) electrons. The van der Waals surface area contributed by atoms with Crippen LogP contribution in [0.3, 0.4) is 0 Å². The van der Waals surface area contributed by atoms with Gasteiger partial charge < -0.3 is 5.32 Å². The normalized spacial score (nSPS) is 39.4. The highest BCUT2D eigenvalue weighted by Crippen LogP contribution is 2.58. The number of nitrogens with one attached hydrogen (secondary N) is 1. The molecule has 0 aromatic heterocycles. The number of carbonyl (C=O) groups excluding carboxylic acids is 3. The van der Waals surface area contributed by atoms with Gasteiger partial charge in [-0.2, -0.15) is 0 Å². The van der Waals surface area contributed by atoms with Gasteiger partial charge in [-0.3, -0.25) is 19.3 Å². The molecule has 1 saturated carbocycles. The van der Waals surface area contributed by atoms with Gasteiger partial charge >= 0.3 is 0 Å². The van der Waals surface area contributed by atoms with Crippen LogP contribution in [0.15, 0.2) is 0 Å². The lowest BCUT2D eigenvalue weighted by molar-refractivity contribution is -0.178. The Morgan fingerprint density at radius 3 is 2.00 bits per heavy atom. The second kappa shape index (κ2) is 4.82. The van der Waals surface area contributed by atoms with Crippen molar-refractivity contribution in [1.82, 2.24) is 10.2 Å². The predicted octanol–water partition coefficient (Wildman–Crippen LogP) is 1.71. The van der Waals surface area contributed by atoms with Crippen molar-refractivity contribution in [3.8, 4) is 0 Å². The molecule has 2 bridgehead atoms. The van der Waals surface area contributed by atoms with Crippen molar-refractivity contribution in [3.05, 3.63) is 0 Å². The Hall–Kier alpha value is -1.39. The smallest absolute Gasteiger partial charge is 0.234 e. The van der Waals surface area contributed by atoms with E-state index in [0.717, 1.165) is 6.42 Å². The molecule has 2 rings (SSSR count). The minimum atomic E-state index is -0.663. The van der Waals surface area contributed by atoms with E-state index < -0.39 is 16.2 Å². The van der Waals surface area contributed by atoms with Gasteiger partial charge in [0.2, 0.25) is 17.7 Å². The lowest BCUT2D eigenvalue weighted by Crippen LogP contribution is -2.64. The van der Waals surface area contributed by atoms with Gasteiger partial charge in [0.25, 0.3) is 0 Å². The maximum atomic E-state index is 12.5. The molecule has 1 heterocycles. The van der Waals surface area contributed by atoms with E-state index in [1.54, 1.807) is 7.05 Å². The van der Waals surface area contributed by atoms with Gasteiger partial charge in [0.15, 0.2) is 0 Å². The number of imide groups is 1. The van der Waals surface area contributed by atoms with Crippen LogP contribution in [0.4, 0.5) is 0 Å². The summed E-state index contributed by atoms with van der Waals surface area (Å²) in [4.78, 5) is 38.8. The molecule has 0 spiro atoms. The van der Waals surface area contributed by atoms with E-state index in [1.807, 2.05) is 27.7 Å². The molecule has 1 N–H and O–H groups in total. The number of carbonyl (C=O) groups is 3. The van der Waals surface area contributed by atoms with Crippen molar-refractivity contribution in [2.45, 2.75) is 53.4 Å². The average Bonchev–Trinajstić information content (AvgIpc) is 2.39. The average molecular weight is 294 g/mol. The van der Waals surface area contributed by atoms with Crippen LogP contribution in [-0.4, -0.2) is 36.2 Å². The van der Waals surface area contributed by atoms with Crippen molar-refractivity contribution in [3.63, 3.8) is 0 Å². The summed E-state index contributed by atoms with van der Waals surface area (Å²) in [7, 11) is 1.56. The number of fused-ring (bicyclic) bond motifs is 2. The first kappa shape index (κ1) is 16.0. The first-order chi connectivity index (χ1) is 9.58. The van der Waals surface area contributed by atoms with Gasteiger partial charge in [-0.1, -0.05) is 27.7 Å². The summed E-state index contributed by atoms with van der Waals surface area (Å²) in [5.74, 6) is -0.343. The van der Waals surface area contributed by atoms with Crippen molar-refractivity contribution >= 4 is 17.7 Å². The third-order valence-corrected chi connectivity index (χ3v) is 5.07. The van der Waals surface area contributed by atoms with Crippen LogP contribution in [0.2, 0.25) is 0 Å². The van der Waals surface area contributed by atoms with E-state index in [0.29, 0.717) is 25.8 Å². The minimum Gasteiger partial charge on any atom is -0.356 e. The fraction of sp³-hybridized carbons (Fsp3) is 0.812. The van der Waals surface area contributed by atoms with E-state index >= 15 is 0 Å². The highest BCUT2D eigenvalue weighted by Gasteiger charge is 2.62. The largest absolute Gasteiger partial charge is 0.356 e. The Morgan fingerprint density at radius 1 is 1.10 bits per heavy atom. The summed E-state index contributed by atoms with van der Waals surface area (Å²) in [5, 5.41) is 2.93. The molecule has 1 saturated heterocycles. The molecule has 2 fully saturated rings. The van der Waals surface area contributed by atoms with E-state index in [2.05, 4.69) is 5.32 Å². The Balaban J connectivity index is 2.37. The fourth-order valence-electron chi connectivity index (χ4n) is 4.59. The van der Waals surface area contributed by atoms with Crippen LogP contribution in [0.5, 0.6) is 0 Å². The van der Waals surface area contributed by atoms with Crippen molar-refractivity contribution in [2.24, 2.45) is 16.2 Å². The Kier molecular flexibility index (Phi) is 3.67. The fourth-order valence-corrected chi connectivity index (χ4v) is 4.59. The topological polar surface area (TPSA) is 66.5 Å². The molecular weight excluding hydrogens is 268 g/mol. The molecule has 2 aliphatic rings. The molecule has 0 aromatic rings. The molecule has 2 unspecified atom stereocenters. The molecular formula is C16H26N2O3. The van der Waals surface area contributed by atoms with Crippen LogP contribution in [0, 0.1) is 16.2 Å². The number of nitrogens with zero attached hydrogens (tertiary/aromatic N) is 1. The first-order valence-corrected chi connectivity index (χ1v) is 7.69. The second-order valence-electron chi connectivity index (χ2n) is 7.64. The van der Waals surface area contributed by atoms with Crippen molar-refractivity contribution in [2.75, 3.05) is 13.6 Å². The van der Waals surface area contributed by atoms with Crippen LogP contribution in [-0.2, 0) is 14.4 Å². The zero-order chi connectivity index (χ0) is 16.1. The molecule has 2 atom stereocenters. The lowest BCUT2D eigenvalue weighted by atomic mass is 9.51. The Labute approximate surface area is 126 Å². The molecule has 21 heavy (non-hydrogen) atoms. The van der Waals surface area contributed by atoms with E-state index in [1.165, 1.54) is 4.90 Å². The van der Waals surface area contributed by atoms with Gasteiger partial charge in [-0.15, -0.1) is 0 Å². The highest BCUT2D eigenvalue weighted by atomic mass is 16.2. The number of hydrogen-bond donors (Lipinski definition) is 1. The van der Waals surface area contributed by atoms with Crippen LogP contribution in [0.1, 0.15) is 53.4 Å². The van der Waals surface area contributed by atoms with E-state index in [-0.39, 0.29) is 17.7 Å². The van der Waals surface area contributed by atoms with Crippen molar-refractivity contribution < 1.29 is 14.4 Å². The summed E-state index contributed by atoms with van der Waals surface area (Å²) >= 11 is 0. The predicted molar refractivity (Wildman–Crippen MR) is 79.2 cm³/mol. The van der Waals surface area contributed by atoms with Gasteiger partial charge in [0.05, 0.1) is 0 Å². The summed E-state index contributed by atoms with van der Waals surface area (Å²) in [6.07, 6.45) is 2.42. The zero-order valence-corrected chi connectivity index (χ0v) is 13.7. The van der Waals surface area contributed by atoms with Crippen LogP contribution in [0.25, 0.3) is 0 Å². The lowest BCUT2D eigenvalue weighted by Gasteiger charge is -2.55. The second-order valence-corrected chi connectivity index (χ2v) is 7.64. The number of likely N-dealkylation sites (tertiary alicyclic amines) is 1. The third-order valence-electron chi connectivity index (χ3n) is 5.07. The minimum absolute atomic E-state index is 0.0355. The quantitative estimate of drug-likeness (QED) is 0.806. The molecule has 1 aliphatic carbocycles. The van der Waals surface area contributed by atoms with Crippen LogP contribution >= 0.6 is 0 Å². The number of amides is 3. The van der Waals surface area contributed by atoms with Gasteiger partial charge in [0, 0.05) is 29.8 Å². The highest BCUT2D eigenvalue weighted by molar-refractivity contribution is 6.04. The summed E-state index contributed by atoms with van der Waals surface area (Å²) in [6, 6.07) is 0. The summed E-state index contributed by atoms with van der Waals surface area (Å²) in [5.41, 5.74) is -1.93. The molecule has 3 amide bonds. The first-order valence-electron chi connectivity index (χ1n) is 7.69. The number of rotatable bonds is 3. The van der Waals surface area contributed by atoms with Gasteiger partial charge in [0.1, 0.15) is 0 Å². The molecule has 118 valence electrons. The molecule has 5 nitrogen and oxygen atoms in total. The van der Waals surface area contributed by atoms with E-state index in [9.17, 15) is 14.4 Å². The third kappa shape index (κ3) is 2.36. The van der Waals surface area contributed by atoms with Gasteiger partial charge in [-0.05, 0) is 25.7 Å². The molecule has 0 aromatic carbocycles. The standard InChI is InChI=1S/C16H26N2O3/c1-6-7-17-11(19)14(2)8-15(3)10-16(4,9-14)13(21)18(5)12(15)20/h6-10H2,1-5H3,(H,17,19). The van der Waals surface area contributed by atoms with Crippen molar-refractivity contribution in [1.29, 1.82) is 0 Å². The molecule has 1 aliphatic heterocycles.